The van der Waals surface area contributed by atoms with Crippen LogP contribution in [0.25, 0.3) is 0 Å². The van der Waals surface area contributed by atoms with Crippen molar-refractivity contribution in [2.45, 2.75) is 264 Å². The van der Waals surface area contributed by atoms with E-state index < -0.39 is 24.3 Å². The molecule has 0 fully saturated rings. The third-order valence-corrected chi connectivity index (χ3v) is 13.3. The Labute approximate surface area is 479 Å². The molecule has 0 bridgehead atoms. The Morgan fingerprint density at radius 3 is 1.09 bits per heavy atom. The number of hydrogen-bond donors (Lipinski definition) is 1. The number of esters is 2. The first-order valence-electron chi connectivity index (χ1n) is 31.6. The van der Waals surface area contributed by atoms with E-state index >= 15 is 0 Å². The van der Waals surface area contributed by atoms with E-state index in [0.717, 1.165) is 96.3 Å². The minimum atomic E-state index is -1.53. The normalized spacial score (nSPS) is 13.5. The Balaban J connectivity index is 4.30. The van der Waals surface area contributed by atoms with Crippen molar-refractivity contribution in [1.29, 1.82) is 0 Å². The van der Waals surface area contributed by atoms with E-state index in [1.54, 1.807) is 0 Å². The number of likely N-dealkylation sites (N-methyl/N-ethyl adjacent to an activating group) is 1. The molecule has 78 heavy (non-hydrogen) atoms. The van der Waals surface area contributed by atoms with Crippen LogP contribution >= 0.6 is 0 Å². The molecule has 0 heterocycles. The number of unbranched alkanes of at least 4 members (excludes halogenated alkanes) is 24. The van der Waals surface area contributed by atoms with Crippen molar-refractivity contribution in [3.8, 4) is 0 Å². The maximum Gasteiger partial charge on any atom is 0.361 e. The molecule has 2 atom stereocenters. The van der Waals surface area contributed by atoms with Crippen LogP contribution in [0.1, 0.15) is 251 Å². The van der Waals surface area contributed by atoms with Crippen LogP contribution in [0.15, 0.2) is 109 Å². The van der Waals surface area contributed by atoms with Gasteiger partial charge in [0.15, 0.2) is 6.10 Å². The largest absolute Gasteiger partial charge is 0.477 e. The minimum absolute atomic E-state index is 0.176. The molecule has 0 saturated carbocycles. The van der Waals surface area contributed by atoms with Gasteiger partial charge < -0.3 is 28.5 Å². The van der Waals surface area contributed by atoms with Crippen LogP contribution in [0, 0.1) is 0 Å². The third-order valence-electron chi connectivity index (χ3n) is 13.3. The molecule has 446 valence electrons. The van der Waals surface area contributed by atoms with Crippen LogP contribution in [0.3, 0.4) is 0 Å². The highest BCUT2D eigenvalue weighted by molar-refractivity contribution is 5.71. The predicted molar refractivity (Wildman–Crippen MR) is 332 cm³/mol. The summed E-state index contributed by atoms with van der Waals surface area (Å²) in [6.45, 7) is 4.74. The molecular weight excluding hydrogens is 971 g/mol. The third kappa shape index (κ3) is 59.6. The highest BCUT2D eigenvalue weighted by atomic mass is 16.7. The van der Waals surface area contributed by atoms with Crippen molar-refractivity contribution in [3.63, 3.8) is 0 Å². The Morgan fingerprint density at radius 1 is 0.397 bits per heavy atom. The van der Waals surface area contributed by atoms with E-state index in [2.05, 4.69) is 123 Å². The molecule has 0 amide bonds. The fourth-order valence-electron chi connectivity index (χ4n) is 8.48. The molecule has 0 spiro atoms. The number of quaternary nitrogens is 1. The average Bonchev–Trinajstić information content (AvgIpc) is 3.41. The second kappa shape index (κ2) is 59.1. The molecule has 0 aromatic heterocycles. The topological polar surface area (TPSA) is 108 Å². The summed E-state index contributed by atoms with van der Waals surface area (Å²) in [6, 6.07) is 0. The molecule has 2 unspecified atom stereocenters. The summed E-state index contributed by atoms with van der Waals surface area (Å²) in [5.41, 5.74) is 0. The van der Waals surface area contributed by atoms with Gasteiger partial charge in [-0.3, -0.25) is 9.59 Å². The molecule has 0 aliphatic heterocycles. The van der Waals surface area contributed by atoms with E-state index in [0.29, 0.717) is 23.9 Å². The Hall–Kier alpha value is -4.05. The lowest BCUT2D eigenvalue weighted by Gasteiger charge is -2.25. The monoisotopic (exact) mass is 1090 g/mol. The fourth-order valence-corrected chi connectivity index (χ4v) is 8.48. The van der Waals surface area contributed by atoms with Gasteiger partial charge in [-0.25, -0.2) is 4.79 Å². The molecule has 1 N–H and O–H groups in total. The van der Waals surface area contributed by atoms with Crippen molar-refractivity contribution in [2.24, 2.45) is 0 Å². The number of carboxylic acid groups (broad SMARTS) is 1. The lowest BCUT2D eigenvalue weighted by atomic mass is 10.0. The predicted octanol–water partition coefficient (Wildman–Crippen LogP) is 19.1. The number of carboxylic acids is 1. The first kappa shape index (κ1) is 74.0. The van der Waals surface area contributed by atoms with Crippen molar-refractivity contribution in [1.82, 2.24) is 0 Å². The van der Waals surface area contributed by atoms with Gasteiger partial charge in [0, 0.05) is 12.8 Å². The molecule has 0 aromatic carbocycles. The van der Waals surface area contributed by atoms with Crippen LogP contribution in [0.4, 0.5) is 0 Å². The molecule has 0 radical (unpaired) electrons. The van der Waals surface area contributed by atoms with Gasteiger partial charge in [0.05, 0.1) is 34.4 Å². The van der Waals surface area contributed by atoms with Crippen LogP contribution in [0.2, 0.25) is 0 Å². The van der Waals surface area contributed by atoms with Crippen molar-refractivity contribution in [3.05, 3.63) is 109 Å². The summed E-state index contributed by atoms with van der Waals surface area (Å²) >= 11 is 0. The maximum absolute atomic E-state index is 12.9. The number of rotatable bonds is 57. The average molecular weight is 1090 g/mol. The van der Waals surface area contributed by atoms with Gasteiger partial charge in [0.25, 0.3) is 6.29 Å². The summed E-state index contributed by atoms with van der Waals surface area (Å²) < 4.78 is 22.9. The number of nitrogens with zero attached hydrogens (tertiary/aromatic N) is 1. The van der Waals surface area contributed by atoms with Gasteiger partial charge in [-0.15, -0.1) is 0 Å². The van der Waals surface area contributed by atoms with E-state index in [1.807, 2.05) is 21.1 Å². The summed E-state index contributed by atoms with van der Waals surface area (Å²) in [5.74, 6) is -2.05. The number of ether oxygens (including phenoxy) is 4. The number of allylic oxidation sites excluding steroid dienone is 18. The quantitative estimate of drug-likeness (QED) is 0.0211. The van der Waals surface area contributed by atoms with Crippen LogP contribution in [-0.4, -0.2) is 87.4 Å². The summed E-state index contributed by atoms with van der Waals surface area (Å²) in [5, 5.41) is 9.72. The second-order valence-electron chi connectivity index (χ2n) is 22.0. The van der Waals surface area contributed by atoms with Gasteiger partial charge in [0.1, 0.15) is 13.2 Å². The van der Waals surface area contributed by atoms with Gasteiger partial charge in [-0.05, 0) is 83.5 Å². The Bertz CT molecular complexity index is 1640. The molecule has 9 heteroatoms. The SMILES string of the molecule is CC/C=C\C/C=C\C/C=C\C/C=C\C/C=C\C/C=C\C/C=C\C/C=C\C/C=C\CCCCCC(=O)OC(COC(=O)CCCCCCCCCCCCCCCCCCCCCCCC)COC(OCC[N+](C)(C)C)C(=O)O. The standard InChI is InChI=1S/C69H117NO8/c1-6-8-10-12-14-16-18-20-22-24-26-28-30-31-32-33-34-35-36-37-38-40-42-44-46-48-50-52-54-56-58-60-67(72)78-65(64-77-69(68(73)74)75-62-61-70(3,4)5)63-76-66(71)59-57-55-53-51-49-47-45-43-41-39-29-27-25-23-21-19-17-15-13-11-9-7-2/h8,10,14,16,20,22,26,28,31-32,34-35,37-38,42,44,48,50,65,69H,6-7,9,11-13,15,17-19,21,23-25,27,29-30,33,36,39-41,43,45-47,49,51-64H2,1-5H3/p+1/b10-8-,16-14-,22-20-,28-26-,32-31-,35-34-,38-37-,44-42-,50-48-. The minimum Gasteiger partial charge on any atom is -0.477 e. The molecule has 0 saturated heterocycles. The Morgan fingerprint density at radius 2 is 0.731 bits per heavy atom. The first-order valence-corrected chi connectivity index (χ1v) is 31.6. The highest BCUT2D eigenvalue weighted by Crippen LogP contribution is 2.16. The van der Waals surface area contributed by atoms with E-state index in [9.17, 15) is 19.5 Å². The zero-order valence-corrected chi connectivity index (χ0v) is 50.8. The smallest absolute Gasteiger partial charge is 0.361 e. The number of carbonyl (C=O) groups is 3. The van der Waals surface area contributed by atoms with Crippen molar-refractivity contribution >= 4 is 17.9 Å². The van der Waals surface area contributed by atoms with E-state index in [1.165, 1.54) is 122 Å². The number of aliphatic carboxylic acids is 1. The van der Waals surface area contributed by atoms with Crippen LogP contribution in [-0.2, 0) is 33.3 Å². The van der Waals surface area contributed by atoms with Gasteiger partial charge in [-0.2, -0.15) is 0 Å². The zero-order valence-electron chi connectivity index (χ0n) is 50.8. The Kier molecular flexibility index (Phi) is 56.0. The lowest BCUT2D eigenvalue weighted by molar-refractivity contribution is -0.870. The molecule has 0 aliphatic rings. The maximum atomic E-state index is 12.9. The van der Waals surface area contributed by atoms with Gasteiger partial charge in [0.2, 0.25) is 0 Å². The number of carbonyl (C=O) groups excluding carboxylic acids is 2. The highest BCUT2D eigenvalue weighted by Gasteiger charge is 2.25. The second-order valence-corrected chi connectivity index (χ2v) is 22.0. The molecule has 0 aromatic rings. The summed E-state index contributed by atoms with van der Waals surface area (Å²) in [6.07, 6.45) is 78.9. The summed E-state index contributed by atoms with van der Waals surface area (Å²) in [7, 11) is 5.96. The summed E-state index contributed by atoms with van der Waals surface area (Å²) in [4.78, 5) is 37.5. The van der Waals surface area contributed by atoms with Crippen LogP contribution in [0.5, 0.6) is 0 Å². The lowest BCUT2D eigenvalue weighted by Crippen LogP contribution is -2.40. The van der Waals surface area contributed by atoms with Crippen molar-refractivity contribution < 1.29 is 42.9 Å². The van der Waals surface area contributed by atoms with E-state index in [4.69, 9.17) is 18.9 Å². The number of hydrogen-bond acceptors (Lipinski definition) is 7. The molecular formula is C69H118NO8+. The fraction of sp³-hybridized carbons (Fsp3) is 0.696. The molecule has 0 rings (SSSR count). The van der Waals surface area contributed by atoms with Crippen LogP contribution < -0.4 is 0 Å². The first-order chi connectivity index (χ1) is 38.1. The zero-order chi connectivity index (χ0) is 56.9. The van der Waals surface area contributed by atoms with Gasteiger partial charge >= 0.3 is 17.9 Å². The molecule has 9 nitrogen and oxygen atoms in total. The van der Waals surface area contributed by atoms with E-state index in [-0.39, 0.29) is 32.2 Å². The van der Waals surface area contributed by atoms with Crippen molar-refractivity contribution in [2.75, 3.05) is 47.5 Å². The molecule has 0 aliphatic carbocycles. The van der Waals surface area contributed by atoms with Gasteiger partial charge in [-0.1, -0.05) is 264 Å².